The Labute approximate surface area is 186 Å². The van der Waals surface area contributed by atoms with Crippen LogP contribution in [0, 0.1) is 0 Å². The van der Waals surface area contributed by atoms with Gasteiger partial charge in [0, 0.05) is 6.54 Å². The van der Waals surface area contributed by atoms with Gasteiger partial charge in [0.1, 0.15) is 11.3 Å². The van der Waals surface area contributed by atoms with Crippen molar-refractivity contribution >= 4 is 0 Å². The molecule has 0 heterocycles. The number of rotatable bonds is 9. The SMILES string of the molecule is CCN(CCCc1c(C2(F)CCCC2)cccc1C1(F)CCCC1)Cc1ccccc1. The zero-order valence-corrected chi connectivity index (χ0v) is 19.0. The van der Waals surface area contributed by atoms with E-state index in [1.165, 1.54) is 5.56 Å². The molecule has 0 atom stereocenters. The first kappa shape index (κ1) is 22.5. The van der Waals surface area contributed by atoms with E-state index in [1.807, 2.05) is 24.3 Å². The van der Waals surface area contributed by atoms with Gasteiger partial charge in [-0.25, -0.2) is 8.78 Å². The van der Waals surface area contributed by atoms with E-state index in [9.17, 15) is 0 Å². The Morgan fingerprint density at radius 3 is 1.84 bits per heavy atom. The summed E-state index contributed by atoms with van der Waals surface area (Å²) in [5.74, 6) is 0. The van der Waals surface area contributed by atoms with Crippen LogP contribution in [0.25, 0.3) is 0 Å². The second-order valence-corrected chi connectivity index (χ2v) is 9.63. The van der Waals surface area contributed by atoms with Gasteiger partial charge < -0.3 is 0 Å². The number of hydrogen-bond donors (Lipinski definition) is 0. The molecule has 0 spiro atoms. The second kappa shape index (κ2) is 9.81. The van der Waals surface area contributed by atoms with Crippen LogP contribution in [0.4, 0.5) is 8.78 Å². The molecule has 0 aliphatic heterocycles. The molecule has 0 N–H and O–H groups in total. The zero-order chi connectivity index (χ0) is 21.7. The molecule has 2 aromatic rings. The van der Waals surface area contributed by atoms with Gasteiger partial charge in [-0.05, 0) is 99.6 Å². The minimum Gasteiger partial charge on any atom is -0.299 e. The standard InChI is InChI=1S/C28H37F2N/c1-2-31(22-23-12-4-3-5-13-23)21-11-14-24-25(27(29)17-6-7-18-27)15-10-16-26(24)28(30)19-8-9-20-28/h3-5,10,12-13,15-16H,2,6-9,11,14,17-22H2,1H3. The molecule has 1 nitrogen and oxygen atoms in total. The van der Waals surface area contributed by atoms with Crippen molar-refractivity contribution < 1.29 is 8.78 Å². The molecular weight excluding hydrogens is 388 g/mol. The molecule has 2 fully saturated rings. The fourth-order valence-electron chi connectivity index (χ4n) is 5.78. The molecule has 0 saturated heterocycles. The van der Waals surface area contributed by atoms with Gasteiger partial charge in [0.15, 0.2) is 0 Å². The van der Waals surface area contributed by atoms with Crippen molar-refractivity contribution in [3.05, 3.63) is 70.8 Å². The summed E-state index contributed by atoms with van der Waals surface area (Å²) < 4.78 is 31.8. The first-order chi connectivity index (χ1) is 15.0. The van der Waals surface area contributed by atoms with Crippen molar-refractivity contribution in [2.24, 2.45) is 0 Å². The molecule has 2 aliphatic carbocycles. The van der Waals surface area contributed by atoms with Gasteiger partial charge in [0.2, 0.25) is 0 Å². The smallest absolute Gasteiger partial charge is 0.136 e. The quantitative estimate of drug-likeness (QED) is 0.399. The molecule has 0 bridgehead atoms. The van der Waals surface area contributed by atoms with Crippen LogP contribution in [-0.2, 0) is 24.3 Å². The number of nitrogens with zero attached hydrogens (tertiary/aromatic N) is 1. The first-order valence-electron chi connectivity index (χ1n) is 12.3. The van der Waals surface area contributed by atoms with E-state index in [1.54, 1.807) is 0 Å². The lowest BCUT2D eigenvalue weighted by Gasteiger charge is -2.30. The van der Waals surface area contributed by atoms with Gasteiger partial charge in [-0.3, -0.25) is 4.90 Å². The lowest BCUT2D eigenvalue weighted by molar-refractivity contribution is 0.162. The average molecular weight is 426 g/mol. The molecular formula is C28H37F2N. The molecule has 168 valence electrons. The summed E-state index contributed by atoms with van der Waals surface area (Å²) in [4.78, 5) is 2.43. The number of alkyl halides is 2. The lowest BCUT2D eigenvalue weighted by Crippen LogP contribution is -2.26. The van der Waals surface area contributed by atoms with Gasteiger partial charge in [-0.15, -0.1) is 0 Å². The van der Waals surface area contributed by atoms with Gasteiger partial charge in [-0.2, -0.15) is 0 Å². The van der Waals surface area contributed by atoms with Crippen molar-refractivity contribution in [2.45, 2.75) is 89.0 Å². The largest absolute Gasteiger partial charge is 0.299 e. The Morgan fingerprint density at radius 2 is 1.32 bits per heavy atom. The van der Waals surface area contributed by atoms with Gasteiger partial charge in [0.05, 0.1) is 0 Å². The predicted molar refractivity (Wildman–Crippen MR) is 125 cm³/mol. The molecule has 4 rings (SSSR count). The summed E-state index contributed by atoms with van der Waals surface area (Å²) in [5, 5.41) is 0. The van der Waals surface area contributed by atoms with E-state index in [2.05, 4.69) is 36.1 Å². The Balaban J connectivity index is 1.54. The molecule has 31 heavy (non-hydrogen) atoms. The number of halogens is 2. The molecule has 3 heteroatoms. The molecule has 2 saturated carbocycles. The van der Waals surface area contributed by atoms with Crippen LogP contribution >= 0.6 is 0 Å². The summed E-state index contributed by atoms with van der Waals surface area (Å²) in [6, 6.07) is 16.3. The summed E-state index contributed by atoms with van der Waals surface area (Å²) in [7, 11) is 0. The van der Waals surface area contributed by atoms with Crippen molar-refractivity contribution in [1.29, 1.82) is 0 Å². The highest BCUT2D eigenvalue weighted by Crippen LogP contribution is 2.49. The lowest BCUT2D eigenvalue weighted by atomic mass is 9.80. The first-order valence-corrected chi connectivity index (χ1v) is 12.3. The normalized spacial score (nSPS) is 19.9. The van der Waals surface area contributed by atoms with E-state index in [-0.39, 0.29) is 0 Å². The summed E-state index contributed by atoms with van der Waals surface area (Å²) in [6.07, 6.45) is 7.74. The highest BCUT2D eigenvalue weighted by molar-refractivity contribution is 5.43. The van der Waals surface area contributed by atoms with Crippen LogP contribution in [0.15, 0.2) is 48.5 Å². The topological polar surface area (TPSA) is 3.24 Å². The van der Waals surface area contributed by atoms with Gasteiger partial charge in [-0.1, -0.05) is 55.5 Å². The average Bonchev–Trinajstić information content (AvgIpc) is 3.43. The highest BCUT2D eigenvalue weighted by Gasteiger charge is 2.42. The fraction of sp³-hybridized carbons (Fsp3) is 0.571. The highest BCUT2D eigenvalue weighted by atomic mass is 19.1. The van der Waals surface area contributed by atoms with Crippen LogP contribution in [0.3, 0.4) is 0 Å². The fourth-order valence-corrected chi connectivity index (χ4v) is 5.78. The van der Waals surface area contributed by atoms with E-state index in [0.29, 0.717) is 25.7 Å². The minimum atomic E-state index is -1.27. The third-order valence-electron chi connectivity index (χ3n) is 7.53. The Kier molecular flexibility index (Phi) is 7.11. The van der Waals surface area contributed by atoms with Crippen molar-refractivity contribution in [1.82, 2.24) is 4.90 Å². The van der Waals surface area contributed by atoms with Crippen LogP contribution in [0.1, 0.15) is 87.0 Å². The van der Waals surface area contributed by atoms with E-state index in [0.717, 1.165) is 74.8 Å². The third kappa shape index (κ3) is 5.03. The van der Waals surface area contributed by atoms with Crippen LogP contribution in [0.5, 0.6) is 0 Å². The van der Waals surface area contributed by atoms with Gasteiger partial charge in [0.25, 0.3) is 0 Å². The van der Waals surface area contributed by atoms with E-state index in [4.69, 9.17) is 0 Å². The van der Waals surface area contributed by atoms with Crippen LogP contribution in [0.2, 0.25) is 0 Å². The van der Waals surface area contributed by atoms with E-state index >= 15 is 8.78 Å². The van der Waals surface area contributed by atoms with Crippen LogP contribution in [-0.4, -0.2) is 18.0 Å². The summed E-state index contributed by atoms with van der Waals surface area (Å²) in [5.41, 5.74) is 1.33. The Hall–Kier alpha value is -1.74. The maximum Gasteiger partial charge on any atom is 0.136 e. The minimum absolute atomic E-state index is 0.581. The van der Waals surface area contributed by atoms with Gasteiger partial charge >= 0.3 is 0 Å². The Morgan fingerprint density at radius 1 is 0.774 bits per heavy atom. The maximum atomic E-state index is 15.9. The monoisotopic (exact) mass is 425 g/mol. The Bertz CT molecular complexity index is 795. The maximum absolute atomic E-state index is 15.9. The molecule has 0 aromatic heterocycles. The molecule has 0 radical (unpaired) electrons. The molecule has 0 unspecified atom stereocenters. The second-order valence-electron chi connectivity index (χ2n) is 9.63. The number of benzene rings is 2. The predicted octanol–water partition coefficient (Wildman–Crippen LogP) is 7.62. The summed E-state index contributed by atoms with van der Waals surface area (Å²) in [6.45, 7) is 5.03. The molecule has 2 aliphatic rings. The van der Waals surface area contributed by atoms with Crippen molar-refractivity contribution in [3.63, 3.8) is 0 Å². The third-order valence-corrected chi connectivity index (χ3v) is 7.53. The van der Waals surface area contributed by atoms with E-state index < -0.39 is 11.3 Å². The van der Waals surface area contributed by atoms with Crippen molar-refractivity contribution in [3.8, 4) is 0 Å². The molecule has 2 aromatic carbocycles. The van der Waals surface area contributed by atoms with Crippen molar-refractivity contribution in [2.75, 3.05) is 13.1 Å². The number of hydrogen-bond acceptors (Lipinski definition) is 1. The van der Waals surface area contributed by atoms with Crippen LogP contribution < -0.4 is 0 Å². The molecule has 0 amide bonds. The zero-order valence-electron chi connectivity index (χ0n) is 19.0. The summed E-state index contributed by atoms with van der Waals surface area (Å²) >= 11 is 0.